The third-order valence-corrected chi connectivity index (χ3v) is 18.8. The molecule has 0 aliphatic rings. The summed E-state index contributed by atoms with van der Waals surface area (Å²) in [5, 5.41) is 2.14. The van der Waals surface area contributed by atoms with Gasteiger partial charge in [-0.2, -0.15) is 0 Å². The Bertz CT molecular complexity index is 8000. The lowest BCUT2D eigenvalue weighted by Crippen LogP contribution is -1.91. The first kappa shape index (κ1) is 38.7. The van der Waals surface area contributed by atoms with Crippen molar-refractivity contribution < 1.29 is 44.5 Å². The van der Waals surface area contributed by atoms with Crippen molar-refractivity contribution >= 4 is 87.0 Å². The van der Waals surface area contributed by atoms with Gasteiger partial charge in [-0.05, 0) is 191 Å². The number of hydrogen-bond donors (Lipinski definition) is 0. The maximum Gasteiger partial charge on any atom is 0.136 e. The lowest BCUT2D eigenvalue weighted by Gasteiger charge is -2.18. The molecule has 20 rings (SSSR count). The number of furan rings is 2. The summed E-state index contributed by atoms with van der Waals surface area (Å²) in [7, 11) is 0. The Morgan fingerprint density at radius 1 is 0.167 bits per heavy atom. The second-order valence-corrected chi connectivity index (χ2v) is 24.5. The molecule has 0 unspecified atom stereocenters. The van der Waals surface area contributed by atoms with Crippen molar-refractivity contribution in [3.8, 4) is 111 Å². The van der Waals surface area contributed by atoms with Gasteiger partial charge in [-0.25, -0.2) is 0 Å². The summed E-state index contributed by atoms with van der Waals surface area (Å²) < 4.78 is 242. The Labute approximate surface area is 628 Å². The highest BCUT2D eigenvalue weighted by Gasteiger charge is 2.22. The predicted octanol–water partition coefficient (Wildman–Crippen LogP) is 28.5. The van der Waals surface area contributed by atoms with Crippen LogP contribution in [0.2, 0.25) is 0 Å². The van der Waals surface area contributed by atoms with E-state index in [9.17, 15) is 11.0 Å². The van der Waals surface area contributed by atoms with Crippen LogP contribution < -0.4 is 0 Å². The average Bonchev–Trinajstić information content (AvgIpc) is 1.07. The van der Waals surface area contributed by atoms with Crippen LogP contribution in [0.4, 0.5) is 0 Å². The van der Waals surface area contributed by atoms with Gasteiger partial charge in [0.1, 0.15) is 22.3 Å². The SMILES string of the molecule is [2H]c1c([2H])c([2H])c(-c2c3c([2H])c([2H])c([2H])c([2H])c3c(-c3ccc(-c4ccc5oc6ccc(-c7cccc(-c8ccccc8)c7)cc6c5c4)cc3)c3c([2H])c([2H])c([2H])c([2H])c23)c([2H])c1[2H].[2H]c1c([2H])c([2H])c(-c2c3c([2H])c([2H])c([2H])c([2H])c3c(-c3ccc(-c4ccc5oc6ccccc6c5c4-c4ccc(-c5ccccc5)cc4)cc3)c3c([2H])c([2H])c([2H])c([2H])c23)c([2H])c1[2H]. The molecular formula is C100H64O2. The van der Waals surface area contributed by atoms with Crippen molar-refractivity contribution in [3.63, 3.8) is 0 Å². The van der Waals surface area contributed by atoms with E-state index in [-0.39, 0.29) is 65.3 Å². The van der Waals surface area contributed by atoms with E-state index in [1.165, 1.54) is 0 Å². The maximum atomic E-state index is 9.30. The van der Waals surface area contributed by atoms with E-state index in [2.05, 4.69) is 72.8 Å². The maximum absolute atomic E-state index is 9.30. The van der Waals surface area contributed by atoms with Gasteiger partial charge in [0, 0.05) is 27.1 Å². The quantitative estimate of drug-likeness (QED) is 0.128. The number of hydrogen-bond acceptors (Lipinski definition) is 2. The molecule has 0 radical (unpaired) electrons. The van der Waals surface area contributed by atoms with Crippen molar-refractivity contribution in [1.29, 1.82) is 0 Å². The smallest absolute Gasteiger partial charge is 0.136 e. The Morgan fingerprint density at radius 2 is 0.461 bits per heavy atom. The molecule has 0 saturated heterocycles. The Morgan fingerprint density at radius 3 is 0.931 bits per heavy atom. The molecule has 20 aromatic rings. The first-order chi connectivity index (χ1) is 61.4. The van der Waals surface area contributed by atoms with Gasteiger partial charge in [0.05, 0.1) is 35.6 Å². The summed E-state index contributed by atoms with van der Waals surface area (Å²) >= 11 is 0. The van der Waals surface area contributed by atoms with Gasteiger partial charge in [-0.3, -0.25) is 0 Å². The average molecular weight is 1320 g/mol. The molecule has 476 valence electrons. The molecule has 2 aromatic heterocycles. The van der Waals surface area contributed by atoms with E-state index in [4.69, 9.17) is 33.5 Å². The highest BCUT2D eigenvalue weighted by molar-refractivity contribution is 6.23. The summed E-state index contributed by atoms with van der Waals surface area (Å²) in [5.41, 5.74) is 13.7. The van der Waals surface area contributed by atoms with Gasteiger partial charge in [-0.1, -0.05) is 345 Å². The lowest BCUT2D eigenvalue weighted by atomic mass is 9.85. The summed E-state index contributed by atoms with van der Waals surface area (Å²) in [6.45, 7) is 0. The van der Waals surface area contributed by atoms with Crippen LogP contribution in [0.5, 0.6) is 0 Å². The van der Waals surface area contributed by atoms with E-state index in [0.717, 1.165) is 99.5 Å². The molecule has 2 heteroatoms. The summed E-state index contributed by atoms with van der Waals surface area (Å²) in [6, 6.07) is 58.2. The van der Waals surface area contributed by atoms with Crippen molar-refractivity contribution in [2.75, 3.05) is 0 Å². The van der Waals surface area contributed by atoms with Gasteiger partial charge in [0.2, 0.25) is 0 Å². The van der Waals surface area contributed by atoms with Crippen molar-refractivity contribution in [3.05, 3.63) is 388 Å². The van der Waals surface area contributed by atoms with Crippen molar-refractivity contribution in [2.24, 2.45) is 0 Å². The van der Waals surface area contributed by atoms with Crippen LogP contribution in [-0.4, -0.2) is 0 Å². The van der Waals surface area contributed by atoms with Crippen LogP contribution in [0.3, 0.4) is 0 Å². The second-order valence-electron chi connectivity index (χ2n) is 24.5. The standard InChI is InChI=1S/2C50H32O/c1-3-13-33(14-4-1)34-23-27-38(28-24-34)49-39(31-32-46-50(49)44-21-11-12-22-45(44)51-46)35-25-29-37(30-26-35)48-42-19-9-7-17-40(42)47(36-15-5-2-6-16-36)41-18-8-10-20-43(41)48;1-3-12-33(13-4-1)37-16-11-17-38(30-37)40-27-29-48-46(32-40)45-31-39(26-28-47(45)51-48)34-22-24-36(25-23-34)50-43-20-9-7-18-41(43)49(35-14-5-2-6-15-35)42-19-8-10-21-44(42)50/h2*1-32H/i2D,5D,6D,7D,8D,9D,10D,15D,16D,17D,18D,19D,20D;2D,5D,6D,7D,8D,9D,10D,14D,15D,18D,19D,20D,21D. The Balaban J connectivity index is 0.000000167. The van der Waals surface area contributed by atoms with Crippen LogP contribution in [-0.2, 0) is 0 Å². The first-order valence-corrected chi connectivity index (χ1v) is 32.9. The zero-order chi connectivity index (χ0) is 90.1. The molecular weight excluding hydrogens is 1230 g/mol. The molecule has 0 amide bonds. The van der Waals surface area contributed by atoms with Crippen LogP contribution in [0.1, 0.15) is 35.6 Å². The molecule has 0 atom stereocenters. The van der Waals surface area contributed by atoms with Crippen LogP contribution in [0.25, 0.3) is 198 Å². The fourth-order valence-electron chi connectivity index (χ4n) is 14.2. The fourth-order valence-corrected chi connectivity index (χ4v) is 14.2. The van der Waals surface area contributed by atoms with Crippen LogP contribution in [0.15, 0.2) is 396 Å². The van der Waals surface area contributed by atoms with E-state index < -0.39 is 168 Å². The zero-order valence-corrected chi connectivity index (χ0v) is 53.8. The second kappa shape index (κ2) is 25.5. The molecule has 0 fully saturated rings. The molecule has 0 aliphatic carbocycles. The highest BCUT2D eigenvalue weighted by Crippen LogP contribution is 2.49. The first-order valence-electron chi connectivity index (χ1n) is 45.9. The number of fused-ring (bicyclic) bond motifs is 10. The topological polar surface area (TPSA) is 26.3 Å². The number of para-hydroxylation sites is 1. The monoisotopic (exact) mass is 1320 g/mol. The normalized spacial score (nSPS) is 15.1. The lowest BCUT2D eigenvalue weighted by molar-refractivity contribution is 0.668. The molecule has 0 bridgehead atoms. The van der Waals surface area contributed by atoms with E-state index in [0.29, 0.717) is 22.3 Å². The van der Waals surface area contributed by atoms with Crippen molar-refractivity contribution in [1.82, 2.24) is 0 Å². The predicted molar refractivity (Wildman–Crippen MR) is 432 cm³/mol. The summed E-state index contributed by atoms with van der Waals surface area (Å²) in [5.74, 6) is 0. The molecule has 0 spiro atoms. The van der Waals surface area contributed by atoms with Gasteiger partial charge >= 0.3 is 0 Å². The van der Waals surface area contributed by atoms with Gasteiger partial charge in [0.25, 0.3) is 0 Å². The van der Waals surface area contributed by atoms with Crippen LogP contribution in [0, 0.1) is 0 Å². The van der Waals surface area contributed by atoms with E-state index in [1.54, 1.807) is 24.3 Å². The molecule has 18 aromatic carbocycles. The minimum Gasteiger partial charge on any atom is -0.456 e. The molecule has 2 heterocycles. The molecule has 0 N–H and O–H groups in total. The Hall–Kier alpha value is -13.4. The largest absolute Gasteiger partial charge is 0.456 e. The third-order valence-electron chi connectivity index (χ3n) is 18.8. The van der Waals surface area contributed by atoms with Crippen molar-refractivity contribution in [2.45, 2.75) is 0 Å². The molecule has 0 saturated carbocycles. The molecule has 0 aliphatic heterocycles. The number of benzene rings is 18. The van der Waals surface area contributed by atoms with E-state index >= 15 is 0 Å². The molecule has 2 nitrogen and oxygen atoms in total. The van der Waals surface area contributed by atoms with Gasteiger partial charge < -0.3 is 8.83 Å². The third kappa shape index (κ3) is 10.6. The van der Waals surface area contributed by atoms with Crippen LogP contribution >= 0.6 is 0 Å². The van der Waals surface area contributed by atoms with Gasteiger partial charge in [-0.15, -0.1) is 0 Å². The zero-order valence-electron chi connectivity index (χ0n) is 79.8. The molecule has 102 heavy (non-hydrogen) atoms. The number of rotatable bonds is 10. The summed E-state index contributed by atoms with van der Waals surface area (Å²) in [6.07, 6.45) is 0. The minimum absolute atomic E-state index is 0.0691. The van der Waals surface area contributed by atoms with E-state index in [1.807, 2.05) is 133 Å². The summed E-state index contributed by atoms with van der Waals surface area (Å²) in [4.78, 5) is 0. The van der Waals surface area contributed by atoms with Gasteiger partial charge in [0.15, 0.2) is 0 Å². The fraction of sp³-hybridized carbons (Fsp3) is 0. The minimum atomic E-state index is -0.716. The Kier molecular flexibility index (Phi) is 9.66. The highest BCUT2D eigenvalue weighted by atomic mass is 16.3.